The van der Waals surface area contributed by atoms with Crippen LogP contribution in [0.5, 0.6) is 0 Å². The van der Waals surface area contributed by atoms with Crippen LogP contribution in [-0.4, -0.2) is 54.0 Å². The SMILES string of the molecule is NC(CCN1CCCC1=O)C1CC1n1c(=O)n(C2CC2)c(=O)c2[nH]c(-c3ccc(Cl)nc3)nc21. The highest BCUT2D eigenvalue weighted by atomic mass is 35.5. The van der Waals surface area contributed by atoms with Crippen molar-refractivity contribution in [3.8, 4) is 11.4 Å². The van der Waals surface area contributed by atoms with Crippen LogP contribution in [0.4, 0.5) is 0 Å². The first kappa shape index (κ1) is 21.5. The van der Waals surface area contributed by atoms with E-state index in [4.69, 9.17) is 17.3 Å². The van der Waals surface area contributed by atoms with Crippen LogP contribution < -0.4 is 17.0 Å². The molecule has 1 saturated heterocycles. The number of likely N-dealkylation sites (tertiary alicyclic amines) is 1. The third-order valence-electron chi connectivity index (χ3n) is 7.26. The third kappa shape index (κ3) is 3.65. The molecule has 3 fully saturated rings. The first-order valence-electron chi connectivity index (χ1n) is 11.8. The first-order chi connectivity index (χ1) is 16.4. The molecule has 11 heteroatoms. The number of nitrogens with two attached hydrogens (primary N) is 1. The van der Waals surface area contributed by atoms with Crippen LogP contribution in [0.15, 0.2) is 27.9 Å². The number of fused-ring (bicyclic) bond motifs is 1. The van der Waals surface area contributed by atoms with Gasteiger partial charge in [0.05, 0.1) is 0 Å². The molecule has 6 rings (SSSR count). The number of imidazole rings is 1. The van der Waals surface area contributed by atoms with Crippen molar-refractivity contribution in [2.45, 2.75) is 56.7 Å². The van der Waals surface area contributed by atoms with Crippen LogP contribution in [0.3, 0.4) is 0 Å². The molecule has 3 unspecified atom stereocenters. The summed E-state index contributed by atoms with van der Waals surface area (Å²) in [5.41, 5.74) is 7.19. The molecule has 3 aliphatic rings. The number of rotatable bonds is 7. The molecule has 0 spiro atoms. The van der Waals surface area contributed by atoms with Crippen molar-refractivity contribution in [3.63, 3.8) is 0 Å². The minimum absolute atomic E-state index is 0.0633. The lowest BCUT2D eigenvalue weighted by molar-refractivity contribution is -0.127. The van der Waals surface area contributed by atoms with E-state index in [1.807, 2.05) is 4.90 Å². The maximum Gasteiger partial charge on any atom is 0.333 e. The summed E-state index contributed by atoms with van der Waals surface area (Å²) in [6, 6.07) is 3.10. The lowest BCUT2D eigenvalue weighted by Gasteiger charge is -2.19. The van der Waals surface area contributed by atoms with E-state index in [1.54, 1.807) is 22.9 Å². The highest BCUT2D eigenvalue weighted by Gasteiger charge is 2.46. The molecule has 34 heavy (non-hydrogen) atoms. The van der Waals surface area contributed by atoms with E-state index in [1.165, 1.54) is 4.57 Å². The van der Waals surface area contributed by atoms with Crippen molar-refractivity contribution < 1.29 is 4.79 Å². The van der Waals surface area contributed by atoms with Gasteiger partial charge in [-0.3, -0.25) is 18.7 Å². The minimum Gasteiger partial charge on any atom is -0.343 e. The van der Waals surface area contributed by atoms with Crippen LogP contribution in [-0.2, 0) is 4.79 Å². The standard InChI is InChI=1S/C23H26ClN7O3/c24-17-6-3-12(11-26-17)20-27-19-21(28-20)31(23(34)30(22(19)33)13-4-5-13)16-10-14(16)15(25)7-9-29-8-1-2-18(29)32/h3,6,11,13-16H,1-2,4-5,7-10,25H2,(H,27,28). The molecule has 3 N–H and O–H groups in total. The summed E-state index contributed by atoms with van der Waals surface area (Å²) >= 11 is 5.91. The van der Waals surface area contributed by atoms with Gasteiger partial charge in [-0.25, -0.2) is 14.8 Å². The van der Waals surface area contributed by atoms with Gasteiger partial charge in [0, 0.05) is 49.4 Å². The second kappa shape index (κ2) is 8.06. The number of carbonyl (C=O) groups excluding carboxylic acids is 1. The highest BCUT2D eigenvalue weighted by Crippen LogP contribution is 2.46. The van der Waals surface area contributed by atoms with E-state index in [9.17, 15) is 14.4 Å². The van der Waals surface area contributed by atoms with Crippen LogP contribution >= 0.6 is 11.6 Å². The number of H-pyrrole nitrogens is 1. The molecule has 3 atom stereocenters. The average Bonchev–Trinajstić information content (AvgIpc) is 3.72. The Kier molecular flexibility index (Phi) is 5.11. The monoisotopic (exact) mass is 483 g/mol. The molecule has 178 valence electrons. The van der Waals surface area contributed by atoms with Crippen LogP contribution in [0.25, 0.3) is 22.6 Å². The van der Waals surface area contributed by atoms with Crippen molar-refractivity contribution in [1.82, 2.24) is 29.0 Å². The van der Waals surface area contributed by atoms with Gasteiger partial charge in [0.2, 0.25) is 5.91 Å². The summed E-state index contributed by atoms with van der Waals surface area (Å²) < 4.78 is 3.03. The number of carbonyl (C=O) groups is 1. The largest absolute Gasteiger partial charge is 0.343 e. The zero-order valence-electron chi connectivity index (χ0n) is 18.6. The van der Waals surface area contributed by atoms with Crippen molar-refractivity contribution >= 4 is 28.7 Å². The molecular formula is C23H26ClN7O3. The van der Waals surface area contributed by atoms with Gasteiger partial charge in [-0.05, 0) is 50.2 Å². The third-order valence-corrected chi connectivity index (χ3v) is 7.48. The number of aromatic nitrogens is 5. The second-order valence-corrected chi connectivity index (χ2v) is 10.0. The van der Waals surface area contributed by atoms with E-state index in [0.29, 0.717) is 47.1 Å². The van der Waals surface area contributed by atoms with Crippen LogP contribution in [0.2, 0.25) is 5.15 Å². The Balaban J connectivity index is 1.34. The fourth-order valence-corrected chi connectivity index (χ4v) is 5.24. The van der Waals surface area contributed by atoms with Gasteiger partial charge in [-0.1, -0.05) is 11.6 Å². The molecule has 3 aromatic heterocycles. The van der Waals surface area contributed by atoms with E-state index < -0.39 is 0 Å². The smallest absolute Gasteiger partial charge is 0.333 e. The van der Waals surface area contributed by atoms with Gasteiger partial charge in [-0.2, -0.15) is 0 Å². The zero-order valence-corrected chi connectivity index (χ0v) is 19.4. The Morgan fingerprint density at radius 1 is 1.21 bits per heavy atom. The summed E-state index contributed by atoms with van der Waals surface area (Å²) in [7, 11) is 0. The molecule has 1 amide bonds. The summed E-state index contributed by atoms with van der Waals surface area (Å²) in [5.74, 6) is 0.753. The Bertz CT molecular complexity index is 1390. The zero-order chi connectivity index (χ0) is 23.6. The molecule has 2 saturated carbocycles. The Hall–Kier alpha value is -2.98. The number of pyridine rings is 1. The number of hydrogen-bond donors (Lipinski definition) is 2. The predicted octanol–water partition coefficient (Wildman–Crippen LogP) is 1.84. The van der Waals surface area contributed by atoms with E-state index in [-0.39, 0.29) is 41.2 Å². The number of nitrogens with zero attached hydrogens (tertiary/aromatic N) is 5. The second-order valence-electron chi connectivity index (χ2n) is 9.62. The van der Waals surface area contributed by atoms with Crippen molar-refractivity contribution in [1.29, 1.82) is 0 Å². The normalized spacial score (nSPS) is 23.1. The molecule has 4 heterocycles. The topological polar surface area (TPSA) is 132 Å². The van der Waals surface area contributed by atoms with E-state index >= 15 is 0 Å². The predicted molar refractivity (Wildman–Crippen MR) is 127 cm³/mol. The van der Waals surface area contributed by atoms with E-state index in [0.717, 1.165) is 32.2 Å². The fraction of sp³-hybridized carbons (Fsp3) is 0.522. The maximum atomic E-state index is 13.5. The maximum absolute atomic E-state index is 13.5. The number of aromatic amines is 1. The van der Waals surface area contributed by atoms with Gasteiger partial charge < -0.3 is 15.6 Å². The molecule has 10 nitrogen and oxygen atoms in total. The van der Waals surface area contributed by atoms with Gasteiger partial charge >= 0.3 is 5.69 Å². The fourth-order valence-electron chi connectivity index (χ4n) is 5.12. The minimum atomic E-state index is -0.339. The molecular weight excluding hydrogens is 458 g/mol. The van der Waals surface area contributed by atoms with Gasteiger partial charge in [0.15, 0.2) is 5.65 Å². The number of hydrogen-bond acceptors (Lipinski definition) is 6. The molecule has 0 bridgehead atoms. The van der Waals surface area contributed by atoms with Crippen LogP contribution in [0.1, 0.15) is 50.6 Å². The number of halogens is 1. The summed E-state index contributed by atoms with van der Waals surface area (Å²) in [6.07, 6.45) is 6.17. The Labute approximate surface area is 199 Å². The summed E-state index contributed by atoms with van der Waals surface area (Å²) in [5, 5.41) is 0.360. The Morgan fingerprint density at radius 3 is 2.71 bits per heavy atom. The van der Waals surface area contributed by atoms with Gasteiger partial charge in [-0.15, -0.1) is 0 Å². The van der Waals surface area contributed by atoms with Crippen molar-refractivity contribution in [2.24, 2.45) is 11.7 Å². The molecule has 0 radical (unpaired) electrons. The lowest BCUT2D eigenvalue weighted by Crippen LogP contribution is -2.40. The molecule has 2 aliphatic carbocycles. The van der Waals surface area contributed by atoms with Gasteiger partial charge in [0.25, 0.3) is 5.56 Å². The van der Waals surface area contributed by atoms with Gasteiger partial charge in [0.1, 0.15) is 16.5 Å². The molecule has 0 aromatic carbocycles. The van der Waals surface area contributed by atoms with Crippen molar-refractivity contribution in [3.05, 3.63) is 44.3 Å². The number of amides is 1. The van der Waals surface area contributed by atoms with Crippen LogP contribution in [0, 0.1) is 5.92 Å². The van der Waals surface area contributed by atoms with E-state index in [2.05, 4.69) is 15.0 Å². The summed E-state index contributed by atoms with van der Waals surface area (Å²) in [6.45, 7) is 1.44. The molecule has 1 aliphatic heterocycles. The first-order valence-corrected chi connectivity index (χ1v) is 12.2. The highest BCUT2D eigenvalue weighted by molar-refractivity contribution is 6.29. The molecule has 3 aromatic rings. The summed E-state index contributed by atoms with van der Waals surface area (Å²) in [4.78, 5) is 52.3. The average molecular weight is 484 g/mol. The quantitative estimate of drug-likeness (QED) is 0.493. The lowest BCUT2D eigenvalue weighted by atomic mass is 10.1. The van der Waals surface area contributed by atoms with Crippen molar-refractivity contribution in [2.75, 3.05) is 13.1 Å². The Morgan fingerprint density at radius 2 is 2.03 bits per heavy atom. The number of nitrogens with one attached hydrogen (secondary N) is 1.